The highest BCUT2D eigenvalue weighted by atomic mass is 32.1. The van der Waals surface area contributed by atoms with Crippen LogP contribution in [0.5, 0.6) is 0 Å². The number of rotatable bonds is 5. The van der Waals surface area contributed by atoms with Crippen LogP contribution in [0.3, 0.4) is 0 Å². The van der Waals surface area contributed by atoms with Crippen molar-refractivity contribution in [3.05, 3.63) is 41.5 Å². The van der Waals surface area contributed by atoms with Crippen LogP contribution in [0.1, 0.15) is 17.8 Å². The summed E-state index contributed by atoms with van der Waals surface area (Å²) in [6, 6.07) is 6.84. The summed E-state index contributed by atoms with van der Waals surface area (Å²) < 4.78 is 43.0. The van der Waals surface area contributed by atoms with Crippen LogP contribution in [-0.4, -0.2) is 40.4 Å². The largest absolute Gasteiger partial charge is 0.457 e. The van der Waals surface area contributed by atoms with Crippen molar-refractivity contribution < 1.29 is 27.5 Å². The third-order valence-corrected chi connectivity index (χ3v) is 4.95. The number of para-hydroxylation sites is 1. The van der Waals surface area contributed by atoms with Crippen LogP contribution in [0, 0.1) is 0 Å². The molecule has 0 bridgehead atoms. The van der Waals surface area contributed by atoms with Gasteiger partial charge in [0.2, 0.25) is 0 Å². The summed E-state index contributed by atoms with van der Waals surface area (Å²) in [6.45, 7) is 0.399. The lowest BCUT2D eigenvalue weighted by Gasteiger charge is -2.20. The van der Waals surface area contributed by atoms with E-state index in [1.807, 2.05) is 24.3 Å². The Morgan fingerprint density at radius 2 is 2.12 bits per heavy atom. The predicted octanol–water partition coefficient (Wildman–Crippen LogP) is 3.45. The molecule has 0 saturated carbocycles. The van der Waals surface area contributed by atoms with Gasteiger partial charge in [0.05, 0.1) is 10.2 Å². The average molecular weight is 384 g/mol. The Morgan fingerprint density at radius 1 is 1.35 bits per heavy atom. The summed E-state index contributed by atoms with van der Waals surface area (Å²) in [6.07, 6.45) is -2.36. The van der Waals surface area contributed by atoms with Crippen molar-refractivity contribution >= 4 is 33.3 Å². The SMILES string of the molecule is O=C(OCc1nc2ccccc2s1)C1CCCN1C=CC(=O)C(F)(F)F. The molecule has 0 amide bonds. The number of ketones is 1. The molecule has 26 heavy (non-hydrogen) atoms. The summed E-state index contributed by atoms with van der Waals surface area (Å²) >= 11 is 1.41. The zero-order valence-corrected chi connectivity index (χ0v) is 14.3. The Bertz CT molecular complexity index is 814. The molecule has 1 fully saturated rings. The molecule has 1 aromatic carbocycles. The van der Waals surface area contributed by atoms with Crippen LogP contribution < -0.4 is 0 Å². The molecule has 9 heteroatoms. The molecule has 1 aliphatic rings. The van der Waals surface area contributed by atoms with Gasteiger partial charge in [0.25, 0.3) is 5.78 Å². The molecule has 1 atom stereocenters. The van der Waals surface area contributed by atoms with Gasteiger partial charge in [-0.2, -0.15) is 13.2 Å². The third-order valence-electron chi connectivity index (χ3n) is 3.94. The van der Waals surface area contributed by atoms with Crippen molar-refractivity contribution in [1.82, 2.24) is 9.88 Å². The zero-order chi connectivity index (χ0) is 18.7. The second kappa shape index (κ2) is 7.45. The molecule has 1 unspecified atom stereocenters. The van der Waals surface area contributed by atoms with Gasteiger partial charge >= 0.3 is 12.1 Å². The Morgan fingerprint density at radius 3 is 2.85 bits per heavy atom. The number of ether oxygens (including phenoxy) is 1. The van der Waals surface area contributed by atoms with E-state index in [-0.39, 0.29) is 6.61 Å². The highest BCUT2D eigenvalue weighted by Gasteiger charge is 2.37. The Kier molecular flexibility index (Phi) is 5.26. The van der Waals surface area contributed by atoms with Crippen molar-refractivity contribution in [1.29, 1.82) is 0 Å². The minimum atomic E-state index is -4.92. The molecule has 0 spiro atoms. The van der Waals surface area contributed by atoms with Crippen LogP contribution in [0.4, 0.5) is 13.2 Å². The Labute approximate surface area is 151 Å². The maximum Gasteiger partial charge on any atom is 0.454 e. The lowest BCUT2D eigenvalue weighted by Crippen LogP contribution is -2.34. The summed E-state index contributed by atoms with van der Waals surface area (Å²) in [4.78, 5) is 29.0. The van der Waals surface area contributed by atoms with E-state index in [0.717, 1.165) is 16.4 Å². The predicted molar refractivity (Wildman–Crippen MR) is 89.3 cm³/mol. The van der Waals surface area contributed by atoms with E-state index in [4.69, 9.17) is 4.74 Å². The number of benzene rings is 1. The normalized spacial score (nSPS) is 18.0. The molecule has 1 aliphatic heterocycles. The number of allylic oxidation sites excluding steroid dienone is 1. The smallest absolute Gasteiger partial charge is 0.454 e. The number of thiazole rings is 1. The molecule has 2 aromatic rings. The van der Waals surface area contributed by atoms with Crippen molar-refractivity contribution in [3.63, 3.8) is 0 Å². The summed E-state index contributed by atoms with van der Waals surface area (Å²) in [5.74, 6) is -2.49. The van der Waals surface area contributed by atoms with Crippen LogP contribution in [0.25, 0.3) is 10.2 Å². The number of nitrogens with zero attached hydrogens (tertiary/aromatic N) is 2. The first kappa shape index (κ1) is 18.4. The van der Waals surface area contributed by atoms with Crippen molar-refractivity contribution in [2.24, 2.45) is 0 Å². The first-order chi connectivity index (χ1) is 12.3. The monoisotopic (exact) mass is 384 g/mol. The highest BCUT2D eigenvalue weighted by Crippen LogP contribution is 2.24. The Balaban J connectivity index is 1.59. The van der Waals surface area contributed by atoms with Gasteiger partial charge in [-0.15, -0.1) is 11.3 Å². The molecule has 1 aromatic heterocycles. The van der Waals surface area contributed by atoms with E-state index < -0.39 is 24.0 Å². The maximum absolute atomic E-state index is 12.3. The summed E-state index contributed by atoms with van der Waals surface area (Å²) in [5, 5.41) is 0.645. The van der Waals surface area contributed by atoms with E-state index in [2.05, 4.69) is 4.98 Å². The minimum absolute atomic E-state index is 0.00765. The second-order valence-corrected chi connectivity index (χ2v) is 6.87. The van der Waals surface area contributed by atoms with E-state index in [0.29, 0.717) is 30.5 Å². The van der Waals surface area contributed by atoms with Crippen LogP contribution in [0.2, 0.25) is 0 Å². The Hall–Kier alpha value is -2.42. The van der Waals surface area contributed by atoms with Crippen molar-refractivity contribution in [2.75, 3.05) is 6.54 Å². The maximum atomic E-state index is 12.3. The molecule has 5 nitrogen and oxygen atoms in total. The molecule has 138 valence electrons. The zero-order valence-electron chi connectivity index (χ0n) is 13.5. The van der Waals surface area contributed by atoms with Gasteiger partial charge in [0.1, 0.15) is 17.7 Å². The number of carbonyl (C=O) groups is 2. The number of hydrogen-bond acceptors (Lipinski definition) is 6. The number of halogens is 3. The van der Waals surface area contributed by atoms with E-state index in [1.165, 1.54) is 16.2 Å². The number of esters is 1. The fourth-order valence-corrected chi connectivity index (χ4v) is 3.57. The number of hydrogen-bond donors (Lipinski definition) is 0. The van der Waals surface area contributed by atoms with Crippen molar-refractivity contribution in [2.45, 2.75) is 31.7 Å². The van der Waals surface area contributed by atoms with Gasteiger partial charge in [0.15, 0.2) is 0 Å². The van der Waals surface area contributed by atoms with Crippen LogP contribution in [-0.2, 0) is 20.9 Å². The fourth-order valence-electron chi connectivity index (χ4n) is 2.69. The van der Waals surface area contributed by atoms with Gasteiger partial charge < -0.3 is 9.64 Å². The second-order valence-electron chi connectivity index (χ2n) is 5.76. The first-order valence-corrected chi connectivity index (χ1v) is 8.72. The van der Waals surface area contributed by atoms with E-state index in [1.54, 1.807) is 0 Å². The summed E-state index contributed by atoms with van der Waals surface area (Å²) in [7, 11) is 0. The number of carbonyl (C=O) groups excluding carboxylic acids is 2. The molecule has 2 heterocycles. The lowest BCUT2D eigenvalue weighted by atomic mass is 10.2. The van der Waals surface area contributed by atoms with E-state index >= 15 is 0 Å². The molecular weight excluding hydrogens is 369 g/mol. The summed E-state index contributed by atoms with van der Waals surface area (Å²) in [5.41, 5.74) is 0.819. The number of aromatic nitrogens is 1. The standard InChI is InChI=1S/C17H15F3N2O3S/c18-17(19,20)14(23)7-9-22-8-3-5-12(22)16(24)25-10-15-21-11-4-1-2-6-13(11)26-15/h1-2,4,6-7,9,12H,3,5,8,10H2. The van der Waals surface area contributed by atoms with Gasteiger partial charge in [-0.3, -0.25) is 4.79 Å². The number of fused-ring (bicyclic) bond motifs is 1. The third kappa shape index (κ3) is 4.21. The molecule has 0 N–H and O–H groups in total. The molecule has 1 saturated heterocycles. The van der Waals surface area contributed by atoms with Crippen LogP contribution >= 0.6 is 11.3 Å². The van der Waals surface area contributed by atoms with Gasteiger partial charge in [-0.05, 0) is 25.0 Å². The quantitative estimate of drug-likeness (QED) is 0.584. The van der Waals surface area contributed by atoms with Gasteiger partial charge in [0, 0.05) is 18.8 Å². The highest BCUT2D eigenvalue weighted by molar-refractivity contribution is 7.18. The van der Waals surface area contributed by atoms with Gasteiger partial charge in [-0.25, -0.2) is 9.78 Å². The molecule has 0 radical (unpaired) electrons. The minimum Gasteiger partial charge on any atom is -0.457 e. The molecule has 0 aliphatic carbocycles. The fraction of sp³-hybridized carbons (Fsp3) is 0.353. The molecule has 3 rings (SSSR count). The topological polar surface area (TPSA) is 59.5 Å². The van der Waals surface area contributed by atoms with Gasteiger partial charge in [-0.1, -0.05) is 12.1 Å². The first-order valence-electron chi connectivity index (χ1n) is 7.91. The number of alkyl halides is 3. The lowest BCUT2D eigenvalue weighted by molar-refractivity contribution is -0.165. The van der Waals surface area contributed by atoms with E-state index in [9.17, 15) is 22.8 Å². The van der Waals surface area contributed by atoms with Crippen LogP contribution in [0.15, 0.2) is 36.5 Å². The van der Waals surface area contributed by atoms with Crippen molar-refractivity contribution in [3.8, 4) is 0 Å². The average Bonchev–Trinajstić information content (AvgIpc) is 3.22. The molecular formula is C17H15F3N2O3S. The number of likely N-dealkylation sites (tertiary alicyclic amines) is 1.